The van der Waals surface area contributed by atoms with Crippen LogP contribution in [0.3, 0.4) is 0 Å². The van der Waals surface area contributed by atoms with Crippen LogP contribution in [-0.2, 0) is 6.42 Å². The third kappa shape index (κ3) is 3.96. The first kappa shape index (κ1) is 15.8. The van der Waals surface area contributed by atoms with Crippen molar-refractivity contribution in [2.45, 2.75) is 38.3 Å². The molecule has 2 atom stereocenters. The highest BCUT2D eigenvalue weighted by Crippen LogP contribution is 2.30. The van der Waals surface area contributed by atoms with Gasteiger partial charge in [-0.05, 0) is 58.0 Å². The topological polar surface area (TPSA) is 32.5 Å². The predicted molar refractivity (Wildman–Crippen MR) is 90.4 cm³/mol. The zero-order chi connectivity index (χ0) is 14.7. The Hall–Kier alpha value is -0.580. The van der Waals surface area contributed by atoms with Crippen molar-refractivity contribution >= 4 is 21.6 Å². The molecular weight excluding hydrogens is 314 g/mol. The van der Waals surface area contributed by atoms with Crippen LogP contribution in [0.1, 0.15) is 25.3 Å². The lowest BCUT2D eigenvalue weighted by Gasteiger charge is -2.29. The number of hydrogen-bond acceptors (Lipinski definition) is 3. The van der Waals surface area contributed by atoms with Gasteiger partial charge in [0.05, 0.1) is 0 Å². The number of likely N-dealkylation sites (N-methyl/N-ethyl adjacent to an activating group) is 1. The van der Waals surface area contributed by atoms with E-state index in [1.807, 2.05) is 6.92 Å². The highest BCUT2D eigenvalue weighted by molar-refractivity contribution is 9.10. The molecule has 2 N–H and O–H groups in total. The van der Waals surface area contributed by atoms with Crippen molar-refractivity contribution in [2.75, 3.05) is 32.1 Å². The van der Waals surface area contributed by atoms with Gasteiger partial charge in [-0.3, -0.25) is 0 Å². The number of halogens is 1. The molecular formula is C16H26BrN3. The number of rotatable bonds is 5. The minimum atomic E-state index is 0.199. The molecule has 20 heavy (non-hydrogen) atoms. The van der Waals surface area contributed by atoms with Crippen molar-refractivity contribution in [1.82, 2.24) is 4.90 Å². The van der Waals surface area contributed by atoms with E-state index >= 15 is 0 Å². The Morgan fingerprint density at radius 1 is 1.45 bits per heavy atom. The smallest absolute Gasteiger partial charge is 0.0417 e. The van der Waals surface area contributed by atoms with Crippen molar-refractivity contribution in [2.24, 2.45) is 5.73 Å². The molecule has 4 heteroatoms. The first-order chi connectivity index (χ1) is 9.47. The van der Waals surface area contributed by atoms with Gasteiger partial charge in [-0.2, -0.15) is 0 Å². The number of anilines is 1. The SMILES string of the molecule is CC(N)Cc1ccc(N2CCCC2CN(C)C)cc1Br. The number of benzene rings is 1. The fraction of sp³-hybridized carbons (Fsp3) is 0.625. The molecule has 1 saturated heterocycles. The zero-order valence-electron chi connectivity index (χ0n) is 12.8. The quantitative estimate of drug-likeness (QED) is 0.895. The second kappa shape index (κ2) is 6.92. The van der Waals surface area contributed by atoms with Crippen LogP contribution in [0, 0.1) is 0 Å². The Morgan fingerprint density at radius 2 is 2.20 bits per heavy atom. The average molecular weight is 340 g/mol. The molecule has 3 nitrogen and oxygen atoms in total. The van der Waals surface area contributed by atoms with Crippen LogP contribution in [0.2, 0.25) is 0 Å². The van der Waals surface area contributed by atoms with Crippen molar-refractivity contribution in [3.63, 3.8) is 0 Å². The molecule has 1 fully saturated rings. The van der Waals surface area contributed by atoms with E-state index in [1.54, 1.807) is 0 Å². The Kier molecular flexibility index (Phi) is 5.47. The van der Waals surface area contributed by atoms with Crippen molar-refractivity contribution < 1.29 is 0 Å². The minimum Gasteiger partial charge on any atom is -0.367 e. The lowest BCUT2D eigenvalue weighted by Crippen LogP contribution is -2.37. The Labute approximate surface area is 131 Å². The molecule has 0 amide bonds. The summed E-state index contributed by atoms with van der Waals surface area (Å²) >= 11 is 3.70. The molecule has 1 aliphatic rings. The predicted octanol–water partition coefficient (Wildman–Crippen LogP) is 2.87. The third-order valence-electron chi connectivity index (χ3n) is 3.86. The third-order valence-corrected chi connectivity index (χ3v) is 4.60. The molecule has 2 unspecified atom stereocenters. The minimum absolute atomic E-state index is 0.199. The Bertz CT molecular complexity index is 445. The second-order valence-electron chi connectivity index (χ2n) is 6.21. The molecule has 112 valence electrons. The summed E-state index contributed by atoms with van der Waals surface area (Å²) in [6, 6.07) is 7.55. The highest BCUT2D eigenvalue weighted by Gasteiger charge is 2.25. The van der Waals surface area contributed by atoms with Gasteiger partial charge in [0, 0.05) is 35.3 Å². The van der Waals surface area contributed by atoms with Gasteiger partial charge in [-0.25, -0.2) is 0 Å². The van der Waals surface area contributed by atoms with Crippen molar-refractivity contribution in [1.29, 1.82) is 0 Å². The molecule has 1 aliphatic heterocycles. The summed E-state index contributed by atoms with van der Waals surface area (Å²) < 4.78 is 1.18. The van der Waals surface area contributed by atoms with Crippen LogP contribution in [0.4, 0.5) is 5.69 Å². The van der Waals surface area contributed by atoms with Crippen LogP contribution in [-0.4, -0.2) is 44.2 Å². The van der Waals surface area contributed by atoms with Gasteiger partial charge in [-0.1, -0.05) is 22.0 Å². The van der Waals surface area contributed by atoms with Gasteiger partial charge in [0.25, 0.3) is 0 Å². The molecule has 1 heterocycles. The molecule has 0 bridgehead atoms. The summed E-state index contributed by atoms with van der Waals surface area (Å²) in [7, 11) is 4.30. The molecule has 2 rings (SSSR count). The molecule has 1 aromatic rings. The van der Waals surface area contributed by atoms with Crippen LogP contribution < -0.4 is 10.6 Å². The largest absolute Gasteiger partial charge is 0.367 e. The molecule has 0 saturated carbocycles. The van der Waals surface area contributed by atoms with E-state index in [4.69, 9.17) is 5.73 Å². The van der Waals surface area contributed by atoms with Gasteiger partial charge in [0.15, 0.2) is 0 Å². The summed E-state index contributed by atoms with van der Waals surface area (Å²) in [5.41, 5.74) is 8.52. The van der Waals surface area contributed by atoms with Crippen molar-refractivity contribution in [3.8, 4) is 0 Å². The van der Waals surface area contributed by atoms with E-state index in [0.717, 1.165) is 19.5 Å². The van der Waals surface area contributed by atoms with E-state index < -0.39 is 0 Å². The standard InChI is InChI=1S/C16H26BrN3/c1-12(18)9-13-6-7-14(10-16(13)17)20-8-4-5-15(20)11-19(2)3/h6-7,10,12,15H,4-5,8-9,11,18H2,1-3H3. The van der Waals surface area contributed by atoms with Crippen LogP contribution in [0.15, 0.2) is 22.7 Å². The summed E-state index contributed by atoms with van der Waals surface area (Å²) in [6.45, 7) is 4.34. The lowest BCUT2D eigenvalue weighted by molar-refractivity contribution is 0.372. The molecule has 1 aromatic carbocycles. The van der Waals surface area contributed by atoms with Crippen LogP contribution in [0.5, 0.6) is 0 Å². The number of hydrogen-bond donors (Lipinski definition) is 1. The van der Waals surface area contributed by atoms with E-state index in [-0.39, 0.29) is 6.04 Å². The molecule has 0 spiro atoms. The van der Waals surface area contributed by atoms with Crippen LogP contribution >= 0.6 is 15.9 Å². The van der Waals surface area contributed by atoms with E-state index in [2.05, 4.69) is 58.0 Å². The maximum absolute atomic E-state index is 5.89. The average Bonchev–Trinajstić information content (AvgIpc) is 2.78. The van der Waals surface area contributed by atoms with E-state index in [9.17, 15) is 0 Å². The second-order valence-corrected chi connectivity index (χ2v) is 7.06. The van der Waals surface area contributed by atoms with Gasteiger partial charge in [0.2, 0.25) is 0 Å². The summed E-state index contributed by atoms with van der Waals surface area (Å²) in [5.74, 6) is 0. The van der Waals surface area contributed by atoms with E-state index in [0.29, 0.717) is 6.04 Å². The monoisotopic (exact) mass is 339 g/mol. The van der Waals surface area contributed by atoms with Crippen molar-refractivity contribution in [3.05, 3.63) is 28.2 Å². The number of nitrogens with two attached hydrogens (primary N) is 1. The Balaban J connectivity index is 2.14. The van der Waals surface area contributed by atoms with Gasteiger partial charge in [-0.15, -0.1) is 0 Å². The lowest BCUT2D eigenvalue weighted by atomic mass is 10.1. The summed E-state index contributed by atoms with van der Waals surface area (Å²) in [4.78, 5) is 4.82. The number of nitrogens with zero attached hydrogens (tertiary/aromatic N) is 2. The normalized spacial score (nSPS) is 20.7. The fourth-order valence-electron chi connectivity index (χ4n) is 3.01. The molecule has 0 aliphatic carbocycles. The maximum atomic E-state index is 5.89. The van der Waals surface area contributed by atoms with Gasteiger partial charge >= 0.3 is 0 Å². The summed E-state index contributed by atoms with van der Waals surface area (Å²) in [6.07, 6.45) is 3.50. The van der Waals surface area contributed by atoms with Gasteiger partial charge < -0.3 is 15.5 Å². The highest BCUT2D eigenvalue weighted by atomic mass is 79.9. The van der Waals surface area contributed by atoms with E-state index in [1.165, 1.54) is 28.6 Å². The van der Waals surface area contributed by atoms with Gasteiger partial charge in [0.1, 0.15) is 0 Å². The molecule has 0 aromatic heterocycles. The Morgan fingerprint density at radius 3 is 2.80 bits per heavy atom. The zero-order valence-corrected chi connectivity index (χ0v) is 14.4. The summed E-state index contributed by atoms with van der Waals surface area (Å²) in [5, 5.41) is 0. The van der Waals surface area contributed by atoms with Crippen LogP contribution in [0.25, 0.3) is 0 Å². The maximum Gasteiger partial charge on any atom is 0.0417 e. The molecule has 0 radical (unpaired) electrons. The fourth-order valence-corrected chi connectivity index (χ4v) is 3.54. The first-order valence-electron chi connectivity index (χ1n) is 7.42. The first-order valence-corrected chi connectivity index (χ1v) is 8.22.